The van der Waals surface area contributed by atoms with E-state index in [1.165, 1.54) is 18.2 Å². The van der Waals surface area contributed by atoms with Crippen LogP contribution in [0.1, 0.15) is 12.5 Å². The molecule has 0 saturated heterocycles. The summed E-state index contributed by atoms with van der Waals surface area (Å²) >= 11 is 0. The predicted octanol–water partition coefficient (Wildman–Crippen LogP) is 3.73. The molecule has 3 nitrogen and oxygen atoms in total. The molecular formula is C13H11F4N3. The van der Waals surface area contributed by atoms with Gasteiger partial charge in [-0.2, -0.15) is 13.2 Å². The fraction of sp³-hybridized carbons (Fsp3) is 0.231. The summed E-state index contributed by atoms with van der Waals surface area (Å²) in [6.45, 7) is 2.25. The van der Waals surface area contributed by atoms with Gasteiger partial charge in [-0.25, -0.2) is 14.4 Å². The molecular weight excluding hydrogens is 274 g/mol. The highest BCUT2D eigenvalue weighted by Crippen LogP contribution is 2.37. The van der Waals surface area contributed by atoms with Crippen LogP contribution in [0, 0.1) is 5.82 Å². The van der Waals surface area contributed by atoms with Gasteiger partial charge in [-0.05, 0) is 13.0 Å². The summed E-state index contributed by atoms with van der Waals surface area (Å²) in [6.07, 6.45) is -3.72. The van der Waals surface area contributed by atoms with E-state index < -0.39 is 17.6 Å². The van der Waals surface area contributed by atoms with Crippen LogP contribution >= 0.6 is 0 Å². The summed E-state index contributed by atoms with van der Waals surface area (Å²) in [5.74, 6) is -0.816. The highest BCUT2D eigenvalue weighted by molar-refractivity contribution is 5.65. The quantitative estimate of drug-likeness (QED) is 0.873. The molecule has 0 bridgehead atoms. The topological polar surface area (TPSA) is 37.8 Å². The highest BCUT2D eigenvalue weighted by atomic mass is 19.4. The first-order chi connectivity index (χ1) is 9.43. The van der Waals surface area contributed by atoms with Crippen LogP contribution < -0.4 is 5.32 Å². The summed E-state index contributed by atoms with van der Waals surface area (Å²) in [5.41, 5.74) is -1.61. The van der Waals surface area contributed by atoms with Crippen molar-refractivity contribution in [1.29, 1.82) is 0 Å². The van der Waals surface area contributed by atoms with Gasteiger partial charge in [0.1, 0.15) is 5.69 Å². The van der Waals surface area contributed by atoms with Crippen LogP contribution in [0.4, 0.5) is 23.5 Å². The molecule has 0 aliphatic rings. The smallest absolute Gasteiger partial charge is 0.354 e. The minimum atomic E-state index is -4.58. The third kappa shape index (κ3) is 2.87. The molecule has 2 rings (SSSR count). The van der Waals surface area contributed by atoms with Gasteiger partial charge in [0.05, 0.1) is 11.8 Å². The summed E-state index contributed by atoms with van der Waals surface area (Å²) in [6, 6.07) is 4.73. The Balaban J connectivity index is 2.59. The molecule has 0 spiro atoms. The van der Waals surface area contributed by atoms with Crippen LogP contribution in [0.3, 0.4) is 0 Å². The van der Waals surface area contributed by atoms with Crippen molar-refractivity contribution in [2.24, 2.45) is 0 Å². The van der Waals surface area contributed by atoms with Crippen molar-refractivity contribution < 1.29 is 17.6 Å². The van der Waals surface area contributed by atoms with Crippen molar-refractivity contribution in [2.75, 3.05) is 11.9 Å². The molecule has 1 aromatic heterocycles. The molecule has 0 fully saturated rings. The first-order valence-corrected chi connectivity index (χ1v) is 5.86. The van der Waals surface area contributed by atoms with Gasteiger partial charge in [-0.3, -0.25) is 0 Å². The molecule has 1 heterocycles. The Bertz CT molecular complexity index is 611. The fourth-order valence-corrected chi connectivity index (χ4v) is 1.74. The molecule has 7 heteroatoms. The Labute approximate surface area is 112 Å². The Morgan fingerprint density at radius 2 is 1.90 bits per heavy atom. The van der Waals surface area contributed by atoms with E-state index in [0.29, 0.717) is 6.54 Å². The molecule has 0 radical (unpaired) electrons. The minimum Gasteiger partial charge on any atom is -0.354 e. The minimum absolute atomic E-state index is 0.0841. The zero-order chi connectivity index (χ0) is 14.8. The van der Waals surface area contributed by atoms with E-state index in [4.69, 9.17) is 0 Å². The van der Waals surface area contributed by atoms with E-state index >= 15 is 0 Å². The molecule has 0 atom stereocenters. The Hall–Kier alpha value is -2.18. The van der Waals surface area contributed by atoms with E-state index in [2.05, 4.69) is 15.3 Å². The second-order valence-electron chi connectivity index (χ2n) is 3.96. The van der Waals surface area contributed by atoms with Crippen LogP contribution in [0.15, 0.2) is 30.5 Å². The maximum Gasteiger partial charge on any atom is 0.417 e. The molecule has 106 valence electrons. The van der Waals surface area contributed by atoms with Crippen molar-refractivity contribution in [1.82, 2.24) is 9.97 Å². The van der Waals surface area contributed by atoms with Gasteiger partial charge in [0, 0.05) is 12.1 Å². The zero-order valence-electron chi connectivity index (χ0n) is 10.5. The van der Waals surface area contributed by atoms with Crippen molar-refractivity contribution in [3.63, 3.8) is 0 Å². The Morgan fingerprint density at radius 3 is 2.55 bits per heavy atom. The van der Waals surface area contributed by atoms with Crippen molar-refractivity contribution >= 4 is 5.95 Å². The number of rotatable bonds is 3. The number of anilines is 1. The lowest BCUT2D eigenvalue weighted by atomic mass is 10.0. The van der Waals surface area contributed by atoms with Crippen LogP contribution in [-0.4, -0.2) is 16.5 Å². The van der Waals surface area contributed by atoms with Crippen LogP contribution in [0.5, 0.6) is 0 Å². The lowest BCUT2D eigenvalue weighted by Gasteiger charge is -2.13. The fourth-order valence-electron chi connectivity index (χ4n) is 1.74. The molecule has 0 aliphatic heterocycles. The van der Waals surface area contributed by atoms with Gasteiger partial charge < -0.3 is 5.32 Å². The monoisotopic (exact) mass is 285 g/mol. The average Bonchev–Trinajstić information content (AvgIpc) is 2.40. The van der Waals surface area contributed by atoms with Gasteiger partial charge in [0.15, 0.2) is 5.82 Å². The second-order valence-corrected chi connectivity index (χ2v) is 3.96. The van der Waals surface area contributed by atoms with E-state index in [-0.39, 0.29) is 17.2 Å². The van der Waals surface area contributed by atoms with E-state index in [1.807, 2.05) is 0 Å². The number of hydrogen-bond acceptors (Lipinski definition) is 3. The number of halogens is 4. The van der Waals surface area contributed by atoms with E-state index in [1.54, 1.807) is 6.92 Å². The van der Waals surface area contributed by atoms with Crippen molar-refractivity contribution in [3.8, 4) is 11.3 Å². The number of nitrogens with one attached hydrogen (secondary N) is 1. The van der Waals surface area contributed by atoms with Gasteiger partial charge in [0.25, 0.3) is 0 Å². The lowest BCUT2D eigenvalue weighted by molar-refractivity contribution is -0.137. The largest absolute Gasteiger partial charge is 0.417 e. The number of nitrogens with zero attached hydrogens (tertiary/aromatic N) is 2. The zero-order valence-corrected chi connectivity index (χ0v) is 10.5. The first kappa shape index (κ1) is 14.2. The van der Waals surface area contributed by atoms with Crippen molar-refractivity contribution in [2.45, 2.75) is 13.1 Å². The van der Waals surface area contributed by atoms with Gasteiger partial charge in [-0.15, -0.1) is 0 Å². The molecule has 20 heavy (non-hydrogen) atoms. The molecule has 1 N–H and O–H groups in total. The summed E-state index contributed by atoms with van der Waals surface area (Å²) < 4.78 is 52.5. The third-order valence-corrected chi connectivity index (χ3v) is 2.57. The third-order valence-electron chi connectivity index (χ3n) is 2.57. The first-order valence-electron chi connectivity index (χ1n) is 5.86. The highest BCUT2D eigenvalue weighted by Gasteiger charge is 2.34. The molecule has 0 amide bonds. The Morgan fingerprint density at radius 1 is 1.20 bits per heavy atom. The summed E-state index contributed by atoms with van der Waals surface area (Å²) in [5, 5.41) is 2.73. The van der Waals surface area contributed by atoms with Crippen LogP contribution in [0.2, 0.25) is 0 Å². The standard InChI is InChI=1S/C13H11F4N3/c1-2-18-12-19-7-10(14)11(20-12)8-5-3-4-6-9(8)13(15,16)17/h3-7H,2H2,1H3,(H,18,19,20). The van der Waals surface area contributed by atoms with Gasteiger partial charge in [0.2, 0.25) is 5.95 Å². The van der Waals surface area contributed by atoms with Gasteiger partial charge >= 0.3 is 6.18 Å². The van der Waals surface area contributed by atoms with Crippen LogP contribution in [-0.2, 0) is 6.18 Å². The molecule has 2 aromatic rings. The van der Waals surface area contributed by atoms with E-state index in [0.717, 1.165) is 12.3 Å². The molecule has 0 unspecified atom stereocenters. The Kier molecular flexibility index (Phi) is 3.87. The van der Waals surface area contributed by atoms with Crippen LogP contribution in [0.25, 0.3) is 11.3 Å². The second kappa shape index (κ2) is 5.44. The summed E-state index contributed by atoms with van der Waals surface area (Å²) in [7, 11) is 0. The lowest BCUT2D eigenvalue weighted by Crippen LogP contribution is -2.09. The van der Waals surface area contributed by atoms with E-state index in [9.17, 15) is 17.6 Å². The maximum atomic E-state index is 13.7. The number of benzene rings is 1. The number of hydrogen-bond donors (Lipinski definition) is 1. The number of alkyl halides is 3. The average molecular weight is 285 g/mol. The summed E-state index contributed by atoms with van der Waals surface area (Å²) in [4.78, 5) is 7.48. The maximum absolute atomic E-state index is 13.7. The number of aromatic nitrogens is 2. The van der Waals surface area contributed by atoms with Crippen molar-refractivity contribution in [3.05, 3.63) is 41.8 Å². The predicted molar refractivity (Wildman–Crippen MR) is 66.6 cm³/mol. The molecule has 1 aromatic carbocycles. The molecule has 0 aliphatic carbocycles. The SMILES string of the molecule is CCNc1ncc(F)c(-c2ccccc2C(F)(F)F)n1. The normalized spacial score (nSPS) is 11.4. The molecule has 0 saturated carbocycles. The van der Waals surface area contributed by atoms with Gasteiger partial charge in [-0.1, -0.05) is 18.2 Å².